The molecular weight excluding hydrogens is 216 g/mol. The van der Waals surface area contributed by atoms with E-state index in [1.165, 1.54) is 5.56 Å². The number of urea groups is 1. The van der Waals surface area contributed by atoms with E-state index in [0.717, 1.165) is 12.2 Å². The number of benzene rings is 1. The molecule has 1 unspecified atom stereocenters. The molecule has 0 fully saturated rings. The molecule has 1 aromatic rings. The molecule has 0 aromatic heterocycles. The SMILES string of the molecule is CCCNC(=O)NCC1COc2ccccc21. The Bertz CT molecular complexity index is 393. The van der Waals surface area contributed by atoms with E-state index < -0.39 is 0 Å². The Morgan fingerprint density at radius 2 is 2.24 bits per heavy atom. The lowest BCUT2D eigenvalue weighted by atomic mass is 10.0. The number of ether oxygens (including phenoxy) is 1. The van der Waals surface area contributed by atoms with Crippen LogP contribution in [-0.2, 0) is 0 Å². The second-order valence-electron chi connectivity index (χ2n) is 4.18. The summed E-state index contributed by atoms with van der Waals surface area (Å²) in [5, 5.41) is 5.66. The van der Waals surface area contributed by atoms with Gasteiger partial charge in [0.05, 0.1) is 6.61 Å². The van der Waals surface area contributed by atoms with Gasteiger partial charge in [-0.1, -0.05) is 25.1 Å². The first-order valence-electron chi connectivity index (χ1n) is 6.04. The fourth-order valence-corrected chi connectivity index (χ4v) is 1.92. The van der Waals surface area contributed by atoms with Crippen molar-refractivity contribution in [3.05, 3.63) is 29.8 Å². The highest BCUT2D eigenvalue weighted by Crippen LogP contribution is 2.32. The summed E-state index contributed by atoms with van der Waals surface area (Å²) in [5.74, 6) is 1.20. The molecule has 4 heteroatoms. The molecule has 0 bridgehead atoms. The maximum Gasteiger partial charge on any atom is 0.314 e. The lowest BCUT2D eigenvalue weighted by Gasteiger charge is -2.11. The smallest absolute Gasteiger partial charge is 0.314 e. The molecule has 92 valence electrons. The van der Waals surface area contributed by atoms with Crippen LogP contribution in [0.15, 0.2) is 24.3 Å². The van der Waals surface area contributed by atoms with E-state index in [1.807, 2.05) is 25.1 Å². The van der Waals surface area contributed by atoms with Gasteiger partial charge in [-0.2, -0.15) is 0 Å². The summed E-state index contributed by atoms with van der Waals surface area (Å²) in [6.07, 6.45) is 0.947. The third-order valence-corrected chi connectivity index (χ3v) is 2.84. The van der Waals surface area contributed by atoms with E-state index in [9.17, 15) is 4.79 Å². The number of carbonyl (C=O) groups excluding carboxylic acids is 1. The number of fused-ring (bicyclic) bond motifs is 1. The fraction of sp³-hybridized carbons (Fsp3) is 0.462. The van der Waals surface area contributed by atoms with Gasteiger partial charge in [0, 0.05) is 24.6 Å². The number of amides is 2. The number of para-hydroxylation sites is 1. The van der Waals surface area contributed by atoms with Crippen molar-refractivity contribution in [1.29, 1.82) is 0 Å². The van der Waals surface area contributed by atoms with Gasteiger partial charge in [0.15, 0.2) is 0 Å². The maximum atomic E-state index is 11.4. The normalized spacial score (nSPS) is 17.1. The summed E-state index contributed by atoms with van der Waals surface area (Å²) in [7, 11) is 0. The summed E-state index contributed by atoms with van der Waals surface area (Å²) >= 11 is 0. The highest BCUT2D eigenvalue weighted by atomic mass is 16.5. The van der Waals surface area contributed by atoms with Crippen LogP contribution in [-0.4, -0.2) is 25.7 Å². The summed E-state index contributed by atoms with van der Waals surface area (Å²) < 4.78 is 5.55. The largest absolute Gasteiger partial charge is 0.493 e. The molecule has 1 atom stereocenters. The highest BCUT2D eigenvalue weighted by Gasteiger charge is 2.23. The van der Waals surface area contributed by atoms with Gasteiger partial charge in [-0.05, 0) is 12.5 Å². The Morgan fingerprint density at radius 3 is 3.06 bits per heavy atom. The Balaban J connectivity index is 1.83. The van der Waals surface area contributed by atoms with Crippen molar-refractivity contribution >= 4 is 6.03 Å². The van der Waals surface area contributed by atoms with Crippen LogP contribution >= 0.6 is 0 Å². The average Bonchev–Trinajstić information content (AvgIpc) is 2.77. The van der Waals surface area contributed by atoms with E-state index in [1.54, 1.807) is 0 Å². The molecule has 2 N–H and O–H groups in total. The lowest BCUT2D eigenvalue weighted by molar-refractivity contribution is 0.239. The van der Waals surface area contributed by atoms with Crippen LogP contribution in [0.2, 0.25) is 0 Å². The van der Waals surface area contributed by atoms with Crippen LogP contribution in [0.5, 0.6) is 5.75 Å². The van der Waals surface area contributed by atoms with Crippen molar-refractivity contribution in [2.45, 2.75) is 19.3 Å². The van der Waals surface area contributed by atoms with E-state index in [4.69, 9.17) is 4.74 Å². The van der Waals surface area contributed by atoms with Gasteiger partial charge in [0.1, 0.15) is 5.75 Å². The van der Waals surface area contributed by atoms with Crippen LogP contribution in [0.4, 0.5) is 4.79 Å². The molecule has 0 aliphatic carbocycles. The molecule has 0 radical (unpaired) electrons. The minimum atomic E-state index is -0.101. The molecule has 17 heavy (non-hydrogen) atoms. The van der Waals surface area contributed by atoms with E-state index >= 15 is 0 Å². The standard InChI is InChI=1S/C13H18N2O2/c1-2-7-14-13(16)15-8-10-9-17-12-6-4-3-5-11(10)12/h3-6,10H,2,7-9H2,1H3,(H2,14,15,16). The lowest BCUT2D eigenvalue weighted by Crippen LogP contribution is -2.38. The molecule has 4 nitrogen and oxygen atoms in total. The zero-order chi connectivity index (χ0) is 12.1. The second kappa shape index (κ2) is 5.57. The van der Waals surface area contributed by atoms with Gasteiger partial charge >= 0.3 is 6.03 Å². The topological polar surface area (TPSA) is 50.4 Å². The highest BCUT2D eigenvalue weighted by molar-refractivity contribution is 5.73. The summed E-state index contributed by atoms with van der Waals surface area (Å²) in [4.78, 5) is 11.4. The summed E-state index contributed by atoms with van der Waals surface area (Å²) in [5.41, 5.74) is 1.18. The van der Waals surface area contributed by atoms with Gasteiger partial charge in [-0.15, -0.1) is 0 Å². The van der Waals surface area contributed by atoms with E-state index in [0.29, 0.717) is 19.7 Å². The van der Waals surface area contributed by atoms with Gasteiger partial charge in [0.2, 0.25) is 0 Å². The number of rotatable bonds is 4. The van der Waals surface area contributed by atoms with Crippen LogP contribution in [0.25, 0.3) is 0 Å². The zero-order valence-corrected chi connectivity index (χ0v) is 10.0. The van der Waals surface area contributed by atoms with Crippen molar-refractivity contribution < 1.29 is 9.53 Å². The number of nitrogens with one attached hydrogen (secondary N) is 2. The molecule has 2 rings (SSSR count). The fourth-order valence-electron chi connectivity index (χ4n) is 1.92. The van der Waals surface area contributed by atoms with Crippen LogP contribution < -0.4 is 15.4 Å². The summed E-state index contributed by atoms with van der Waals surface area (Å²) in [6, 6.07) is 7.88. The Labute approximate surface area is 101 Å². The first-order chi connectivity index (χ1) is 8.31. The van der Waals surface area contributed by atoms with E-state index in [-0.39, 0.29) is 11.9 Å². The van der Waals surface area contributed by atoms with Crippen LogP contribution in [0.1, 0.15) is 24.8 Å². The Hall–Kier alpha value is -1.71. The van der Waals surface area contributed by atoms with Gasteiger partial charge in [-0.25, -0.2) is 4.79 Å². The molecule has 0 spiro atoms. The van der Waals surface area contributed by atoms with Gasteiger partial charge < -0.3 is 15.4 Å². The predicted octanol–water partition coefficient (Wildman–Crippen LogP) is 1.87. The van der Waals surface area contributed by atoms with Crippen molar-refractivity contribution in [2.24, 2.45) is 0 Å². The number of hydrogen-bond acceptors (Lipinski definition) is 2. The first-order valence-corrected chi connectivity index (χ1v) is 6.04. The van der Waals surface area contributed by atoms with Crippen LogP contribution in [0, 0.1) is 0 Å². The van der Waals surface area contributed by atoms with Crippen molar-refractivity contribution in [3.63, 3.8) is 0 Å². The molecule has 1 heterocycles. The molecule has 2 amide bonds. The van der Waals surface area contributed by atoms with Crippen LogP contribution in [0.3, 0.4) is 0 Å². The zero-order valence-electron chi connectivity index (χ0n) is 10.0. The molecule has 1 aliphatic heterocycles. The van der Waals surface area contributed by atoms with E-state index in [2.05, 4.69) is 16.7 Å². The molecular formula is C13H18N2O2. The van der Waals surface area contributed by atoms with Crippen molar-refractivity contribution in [1.82, 2.24) is 10.6 Å². The Kier molecular flexibility index (Phi) is 3.85. The van der Waals surface area contributed by atoms with Gasteiger partial charge in [-0.3, -0.25) is 0 Å². The molecule has 1 aromatic carbocycles. The third kappa shape index (κ3) is 2.90. The maximum absolute atomic E-state index is 11.4. The number of carbonyl (C=O) groups is 1. The van der Waals surface area contributed by atoms with Crippen molar-refractivity contribution in [3.8, 4) is 5.75 Å². The third-order valence-electron chi connectivity index (χ3n) is 2.84. The number of hydrogen-bond donors (Lipinski definition) is 2. The minimum absolute atomic E-state index is 0.101. The van der Waals surface area contributed by atoms with Gasteiger partial charge in [0.25, 0.3) is 0 Å². The monoisotopic (exact) mass is 234 g/mol. The first kappa shape index (κ1) is 11.8. The summed E-state index contributed by atoms with van der Waals surface area (Å²) in [6.45, 7) is 4.00. The molecule has 0 saturated heterocycles. The molecule has 0 saturated carbocycles. The second-order valence-corrected chi connectivity index (χ2v) is 4.18. The Morgan fingerprint density at radius 1 is 1.41 bits per heavy atom. The van der Waals surface area contributed by atoms with Crippen molar-refractivity contribution in [2.75, 3.05) is 19.7 Å². The minimum Gasteiger partial charge on any atom is -0.493 e. The molecule has 1 aliphatic rings. The quantitative estimate of drug-likeness (QED) is 0.835. The average molecular weight is 234 g/mol. The predicted molar refractivity (Wildman–Crippen MR) is 66.4 cm³/mol.